The molecule has 0 spiro atoms. The third-order valence-electron chi connectivity index (χ3n) is 4.83. The zero-order valence-corrected chi connectivity index (χ0v) is 12.6. The number of fused-ring (bicyclic) bond motifs is 1. The second-order valence-electron chi connectivity index (χ2n) is 6.09. The maximum atomic E-state index is 12.7. The number of hydrogen-bond acceptors (Lipinski definition) is 4. The molecule has 0 saturated carbocycles. The summed E-state index contributed by atoms with van der Waals surface area (Å²) < 4.78 is 0. The number of hydrogen-bond donors (Lipinski definition) is 2. The Labute approximate surface area is 129 Å². The molecule has 1 unspecified atom stereocenters. The molecule has 0 bridgehead atoms. The molecule has 2 saturated heterocycles. The van der Waals surface area contributed by atoms with Gasteiger partial charge in [-0.2, -0.15) is 5.10 Å². The van der Waals surface area contributed by atoms with E-state index in [1.807, 2.05) is 29.2 Å². The average Bonchev–Trinajstić information content (AvgIpc) is 3.24. The predicted octanol–water partition coefficient (Wildman–Crippen LogP) is 0.683. The van der Waals surface area contributed by atoms with Gasteiger partial charge in [-0.05, 0) is 19.0 Å². The molecule has 2 aromatic rings. The van der Waals surface area contributed by atoms with Crippen LogP contribution in [-0.2, 0) is 0 Å². The van der Waals surface area contributed by atoms with Crippen LogP contribution in [0.4, 0.5) is 0 Å². The molecule has 6 heteroatoms. The zero-order valence-electron chi connectivity index (χ0n) is 12.6. The van der Waals surface area contributed by atoms with Gasteiger partial charge in [0.05, 0.1) is 5.52 Å². The summed E-state index contributed by atoms with van der Waals surface area (Å²) in [4.78, 5) is 17.2. The summed E-state index contributed by atoms with van der Waals surface area (Å²) in [5.41, 5.74) is 1.47. The first-order valence-electron chi connectivity index (χ1n) is 8.00. The maximum absolute atomic E-state index is 12.7. The van der Waals surface area contributed by atoms with Gasteiger partial charge in [-0.25, -0.2) is 0 Å². The number of para-hydroxylation sites is 1. The number of amides is 1. The highest BCUT2D eigenvalue weighted by Crippen LogP contribution is 2.18. The van der Waals surface area contributed by atoms with Gasteiger partial charge < -0.3 is 10.2 Å². The summed E-state index contributed by atoms with van der Waals surface area (Å²) in [6, 6.07) is 8.43. The molecule has 0 aliphatic carbocycles. The van der Waals surface area contributed by atoms with Crippen LogP contribution in [0.25, 0.3) is 10.9 Å². The summed E-state index contributed by atoms with van der Waals surface area (Å²) >= 11 is 0. The number of carbonyl (C=O) groups is 1. The van der Waals surface area contributed by atoms with E-state index in [0.29, 0.717) is 11.7 Å². The molecule has 1 aromatic carbocycles. The molecule has 1 amide bonds. The molecule has 0 radical (unpaired) electrons. The Morgan fingerprint density at radius 1 is 1.18 bits per heavy atom. The normalized spacial score (nSPS) is 23.3. The number of carbonyl (C=O) groups excluding carboxylic acids is 1. The van der Waals surface area contributed by atoms with E-state index < -0.39 is 0 Å². The summed E-state index contributed by atoms with van der Waals surface area (Å²) in [5.74, 6) is 0.0432. The number of aromatic nitrogens is 2. The number of rotatable bonds is 2. The van der Waals surface area contributed by atoms with Gasteiger partial charge in [-0.15, -0.1) is 0 Å². The molecular formula is C16H21N5O. The van der Waals surface area contributed by atoms with Crippen molar-refractivity contribution in [2.75, 3.05) is 39.3 Å². The highest BCUT2D eigenvalue weighted by molar-refractivity contribution is 6.04. The number of H-pyrrole nitrogens is 1. The quantitative estimate of drug-likeness (QED) is 0.856. The van der Waals surface area contributed by atoms with Gasteiger partial charge in [0.1, 0.15) is 0 Å². The number of nitrogens with zero attached hydrogens (tertiary/aromatic N) is 3. The van der Waals surface area contributed by atoms with Crippen molar-refractivity contribution in [1.29, 1.82) is 0 Å². The summed E-state index contributed by atoms with van der Waals surface area (Å²) in [6.45, 7) is 5.69. The topological polar surface area (TPSA) is 64.3 Å². The van der Waals surface area contributed by atoms with Gasteiger partial charge in [-0.3, -0.25) is 14.8 Å². The first-order valence-corrected chi connectivity index (χ1v) is 8.00. The Bertz CT molecular complexity index is 668. The van der Waals surface area contributed by atoms with Crippen molar-refractivity contribution in [3.05, 3.63) is 30.0 Å². The van der Waals surface area contributed by atoms with E-state index >= 15 is 0 Å². The SMILES string of the molecule is O=C(c1n[nH]c2ccccc12)N1CCN(C2CCNC2)CC1. The highest BCUT2D eigenvalue weighted by Gasteiger charge is 2.29. The molecule has 3 heterocycles. The standard InChI is InChI=1S/C16H21N5O/c22-16(15-13-3-1-2-4-14(13)18-19-15)21-9-7-20(8-10-21)12-5-6-17-11-12/h1-4,12,17H,5-11H2,(H,18,19). The van der Waals surface area contributed by atoms with E-state index in [1.165, 1.54) is 6.42 Å². The molecule has 22 heavy (non-hydrogen) atoms. The van der Waals surface area contributed by atoms with Crippen LogP contribution >= 0.6 is 0 Å². The lowest BCUT2D eigenvalue weighted by Crippen LogP contribution is -2.52. The average molecular weight is 299 g/mol. The van der Waals surface area contributed by atoms with Crippen molar-refractivity contribution in [2.24, 2.45) is 0 Å². The minimum atomic E-state index is 0.0432. The van der Waals surface area contributed by atoms with Gasteiger partial charge in [0, 0.05) is 44.2 Å². The predicted molar refractivity (Wildman–Crippen MR) is 84.8 cm³/mol. The monoisotopic (exact) mass is 299 g/mol. The van der Waals surface area contributed by atoms with Crippen LogP contribution in [0.5, 0.6) is 0 Å². The van der Waals surface area contributed by atoms with E-state index in [0.717, 1.165) is 50.2 Å². The highest BCUT2D eigenvalue weighted by atomic mass is 16.2. The third kappa shape index (κ3) is 2.38. The van der Waals surface area contributed by atoms with Crippen LogP contribution in [-0.4, -0.2) is 71.2 Å². The van der Waals surface area contributed by atoms with Gasteiger partial charge in [0.25, 0.3) is 5.91 Å². The first-order chi connectivity index (χ1) is 10.8. The molecule has 4 rings (SSSR count). The van der Waals surface area contributed by atoms with Crippen molar-refractivity contribution in [2.45, 2.75) is 12.5 Å². The fourth-order valence-electron chi connectivity index (χ4n) is 3.52. The Balaban J connectivity index is 1.45. The number of benzene rings is 1. The largest absolute Gasteiger partial charge is 0.335 e. The number of aromatic amines is 1. The van der Waals surface area contributed by atoms with Crippen LogP contribution in [0, 0.1) is 0 Å². The van der Waals surface area contributed by atoms with Crippen LogP contribution in [0.3, 0.4) is 0 Å². The van der Waals surface area contributed by atoms with E-state index in [4.69, 9.17) is 0 Å². The van der Waals surface area contributed by atoms with Crippen molar-refractivity contribution >= 4 is 16.8 Å². The van der Waals surface area contributed by atoms with Crippen molar-refractivity contribution in [1.82, 2.24) is 25.3 Å². The molecule has 2 fully saturated rings. The summed E-state index contributed by atoms with van der Waals surface area (Å²) in [6.07, 6.45) is 1.22. The molecular weight excluding hydrogens is 278 g/mol. The van der Waals surface area contributed by atoms with Crippen molar-refractivity contribution < 1.29 is 4.79 Å². The smallest absolute Gasteiger partial charge is 0.275 e. The lowest BCUT2D eigenvalue weighted by molar-refractivity contribution is 0.0580. The molecule has 2 aliphatic heterocycles. The second kappa shape index (κ2) is 5.70. The lowest BCUT2D eigenvalue weighted by Gasteiger charge is -2.37. The maximum Gasteiger partial charge on any atom is 0.275 e. The Kier molecular flexibility index (Phi) is 3.56. The summed E-state index contributed by atoms with van der Waals surface area (Å²) in [5, 5.41) is 11.5. The number of piperazine rings is 1. The van der Waals surface area contributed by atoms with Crippen LogP contribution in [0.1, 0.15) is 16.9 Å². The zero-order chi connectivity index (χ0) is 14.9. The number of nitrogens with one attached hydrogen (secondary N) is 2. The van der Waals surface area contributed by atoms with Gasteiger partial charge in [-0.1, -0.05) is 18.2 Å². The van der Waals surface area contributed by atoms with Gasteiger partial charge in [0.2, 0.25) is 0 Å². The van der Waals surface area contributed by atoms with E-state index in [-0.39, 0.29) is 5.91 Å². The third-order valence-corrected chi connectivity index (χ3v) is 4.83. The lowest BCUT2D eigenvalue weighted by atomic mass is 10.1. The van der Waals surface area contributed by atoms with Crippen LogP contribution < -0.4 is 5.32 Å². The molecule has 2 aliphatic rings. The minimum absolute atomic E-state index is 0.0432. The molecule has 6 nitrogen and oxygen atoms in total. The van der Waals surface area contributed by atoms with E-state index in [2.05, 4.69) is 20.4 Å². The fourth-order valence-corrected chi connectivity index (χ4v) is 3.52. The minimum Gasteiger partial charge on any atom is -0.335 e. The first kappa shape index (κ1) is 13.7. The van der Waals surface area contributed by atoms with Crippen molar-refractivity contribution in [3.8, 4) is 0 Å². The second-order valence-corrected chi connectivity index (χ2v) is 6.09. The van der Waals surface area contributed by atoms with E-state index in [1.54, 1.807) is 0 Å². The Morgan fingerprint density at radius 2 is 2.00 bits per heavy atom. The van der Waals surface area contributed by atoms with E-state index in [9.17, 15) is 4.79 Å². The van der Waals surface area contributed by atoms with Gasteiger partial charge in [0.15, 0.2) is 5.69 Å². The Hall–Kier alpha value is -1.92. The molecule has 116 valence electrons. The Morgan fingerprint density at radius 3 is 2.77 bits per heavy atom. The molecule has 1 atom stereocenters. The van der Waals surface area contributed by atoms with Crippen molar-refractivity contribution in [3.63, 3.8) is 0 Å². The molecule has 2 N–H and O–H groups in total. The summed E-state index contributed by atoms with van der Waals surface area (Å²) in [7, 11) is 0. The van der Waals surface area contributed by atoms with Crippen LogP contribution in [0.2, 0.25) is 0 Å². The van der Waals surface area contributed by atoms with Crippen LogP contribution in [0.15, 0.2) is 24.3 Å². The molecule has 1 aromatic heterocycles. The van der Waals surface area contributed by atoms with Gasteiger partial charge >= 0.3 is 0 Å². The fraction of sp³-hybridized carbons (Fsp3) is 0.500.